The minimum absolute atomic E-state index is 0.288. The second kappa shape index (κ2) is 6.45. The predicted molar refractivity (Wildman–Crippen MR) is 121 cm³/mol. The van der Waals surface area contributed by atoms with E-state index in [0.717, 1.165) is 30.1 Å². The summed E-state index contributed by atoms with van der Waals surface area (Å²) in [5.41, 5.74) is 2.35. The van der Waals surface area contributed by atoms with Gasteiger partial charge in [0.15, 0.2) is 0 Å². The SMILES string of the molecule is CN1C(=O)C(Cc2cc3c(s2)-n2c4ccccc4c4cccc(c42)S3)C(=O)N(C)C1=O. The Morgan fingerprint density at radius 1 is 0.871 bits per heavy atom. The summed E-state index contributed by atoms with van der Waals surface area (Å²) in [5.74, 6) is -1.75. The van der Waals surface area contributed by atoms with Crippen LogP contribution >= 0.6 is 23.1 Å². The molecule has 0 saturated carbocycles. The van der Waals surface area contributed by atoms with E-state index in [1.165, 1.54) is 35.3 Å². The lowest BCUT2D eigenvalue weighted by atomic mass is 9.99. The number of hydrogen-bond acceptors (Lipinski definition) is 5. The van der Waals surface area contributed by atoms with Gasteiger partial charge in [0, 0.05) is 46.0 Å². The normalized spacial score (nSPS) is 16.6. The van der Waals surface area contributed by atoms with E-state index in [1.807, 2.05) is 6.07 Å². The van der Waals surface area contributed by atoms with E-state index in [9.17, 15) is 14.4 Å². The van der Waals surface area contributed by atoms with E-state index in [2.05, 4.69) is 47.0 Å². The van der Waals surface area contributed by atoms with Gasteiger partial charge in [-0.05, 0) is 18.2 Å². The van der Waals surface area contributed by atoms with Crippen molar-refractivity contribution in [2.75, 3.05) is 14.1 Å². The molecular weight excluding hydrogens is 430 g/mol. The molecule has 4 heterocycles. The van der Waals surface area contributed by atoms with Crippen molar-refractivity contribution in [1.82, 2.24) is 14.4 Å². The molecule has 0 N–H and O–H groups in total. The highest BCUT2D eigenvalue weighted by Gasteiger charge is 2.42. The number of hydrogen-bond donors (Lipinski definition) is 0. The zero-order valence-corrected chi connectivity index (χ0v) is 18.4. The highest BCUT2D eigenvalue weighted by atomic mass is 32.2. The summed E-state index contributed by atoms with van der Waals surface area (Å²) in [6.07, 6.45) is 0.288. The fraction of sp³-hybridized carbons (Fsp3) is 0.174. The number of imide groups is 2. The van der Waals surface area contributed by atoms with Gasteiger partial charge in [-0.15, -0.1) is 11.3 Å². The Kier molecular flexibility index (Phi) is 3.88. The average molecular weight is 448 g/mol. The third-order valence-electron chi connectivity index (χ3n) is 6.05. The third kappa shape index (κ3) is 2.49. The Labute approximate surface area is 186 Å². The number of carbonyl (C=O) groups excluding carboxylic acids is 3. The van der Waals surface area contributed by atoms with Crippen LogP contribution in [0.1, 0.15) is 4.88 Å². The second-order valence-electron chi connectivity index (χ2n) is 7.82. The van der Waals surface area contributed by atoms with E-state index in [4.69, 9.17) is 0 Å². The summed E-state index contributed by atoms with van der Waals surface area (Å²) < 4.78 is 2.30. The van der Waals surface area contributed by atoms with Crippen LogP contribution in [0.15, 0.2) is 58.3 Å². The number of thiophene rings is 1. The molecule has 0 atom stereocenters. The van der Waals surface area contributed by atoms with E-state index in [-0.39, 0.29) is 6.42 Å². The molecule has 31 heavy (non-hydrogen) atoms. The summed E-state index contributed by atoms with van der Waals surface area (Å²) >= 11 is 3.33. The molecule has 6 nitrogen and oxygen atoms in total. The van der Waals surface area contributed by atoms with Gasteiger partial charge in [0.2, 0.25) is 11.8 Å². The van der Waals surface area contributed by atoms with Crippen LogP contribution in [-0.2, 0) is 16.0 Å². The molecule has 4 amide bonds. The zero-order valence-electron chi connectivity index (χ0n) is 16.8. The van der Waals surface area contributed by atoms with Crippen LogP contribution in [0, 0.1) is 5.92 Å². The van der Waals surface area contributed by atoms with Gasteiger partial charge in [0.25, 0.3) is 0 Å². The van der Waals surface area contributed by atoms with Gasteiger partial charge in [-0.1, -0.05) is 42.1 Å². The van der Waals surface area contributed by atoms with Gasteiger partial charge < -0.3 is 0 Å². The Bertz CT molecular complexity index is 1430. The molecule has 8 heteroatoms. The first-order valence-electron chi connectivity index (χ1n) is 9.88. The van der Waals surface area contributed by atoms with Gasteiger partial charge in [-0.3, -0.25) is 24.0 Å². The monoisotopic (exact) mass is 447 g/mol. The number of rotatable bonds is 2. The van der Waals surface area contributed by atoms with Crippen LogP contribution in [0.2, 0.25) is 0 Å². The molecule has 0 aliphatic carbocycles. The fourth-order valence-corrected chi connectivity index (χ4v) is 7.00. The molecule has 4 aromatic rings. The molecule has 154 valence electrons. The number of barbiturate groups is 1. The summed E-state index contributed by atoms with van der Waals surface area (Å²) in [6, 6.07) is 16.2. The zero-order chi connectivity index (χ0) is 21.4. The summed E-state index contributed by atoms with van der Waals surface area (Å²) in [4.78, 5) is 42.7. The lowest BCUT2D eigenvalue weighted by Gasteiger charge is -2.32. The van der Waals surface area contributed by atoms with Crippen LogP contribution in [0.4, 0.5) is 4.79 Å². The molecule has 0 unspecified atom stereocenters. The number of aromatic nitrogens is 1. The van der Waals surface area contributed by atoms with Crippen molar-refractivity contribution in [2.24, 2.45) is 5.92 Å². The van der Waals surface area contributed by atoms with E-state index in [1.54, 1.807) is 23.1 Å². The fourth-order valence-electron chi connectivity index (χ4n) is 4.50. The maximum absolute atomic E-state index is 12.7. The molecule has 2 aromatic carbocycles. The number of benzene rings is 2. The quantitative estimate of drug-likeness (QED) is 0.373. The van der Waals surface area contributed by atoms with Crippen LogP contribution in [-0.4, -0.2) is 46.3 Å². The van der Waals surface area contributed by atoms with Crippen molar-refractivity contribution >= 4 is 62.7 Å². The van der Waals surface area contributed by atoms with Crippen molar-refractivity contribution in [3.05, 3.63) is 53.4 Å². The molecule has 1 fully saturated rings. The first kappa shape index (κ1) is 18.7. The smallest absolute Gasteiger partial charge is 0.299 e. The lowest BCUT2D eigenvalue weighted by Crippen LogP contribution is -2.57. The summed E-state index contributed by atoms with van der Waals surface area (Å²) in [7, 11) is 2.85. The molecule has 0 bridgehead atoms. The maximum Gasteiger partial charge on any atom is 0.332 e. The number of carbonyl (C=O) groups is 3. The van der Waals surface area contributed by atoms with Crippen LogP contribution < -0.4 is 0 Å². The topological polar surface area (TPSA) is 62.6 Å². The van der Waals surface area contributed by atoms with E-state index in [0.29, 0.717) is 0 Å². The number of urea groups is 1. The van der Waals surface area contributed by atoms with Crippen LogP contribution in [0.3, 0.4) is 0 Å². The lowest BCUT2D eigenvalue weighted by molar-refractivity contribution is -0.147. The van der Waals surface area contributed by atoms with Crippen molar-refractivity contribution in [3.63, 3.8) is 0 Å². The van der Waals surface area contributed by atoms with E-state index < -0.39 is 23.8 Å². The number of nitrogens with zero attached hydrogens (tertiary/aromatic N) is 3. The summed E-state index contributed by atoms with van der Waals surface area (Å²) in [6.45, 7) is 0. The first-order chi connectivity index (χ1) is 15.0. The molecule has 6 rings (SSSR count). The number of para-hydroxylation sites is 2. The second-order valence-corrected chi connectivity index (χ2v) is 10.0. The summed E-state index contributed by atoms with van der Waals surface area (Å²) in [5, 5.41) is 3.54. The highest BCUT2D eigenvalue weighted by molar-refractivity contribution is 8.00. The van der Waals surface area contributed by atoms with Crippen molar-refractivity contribution in [2.45, 2.75) is 16.2 Å². The Morgan fingerprint density at radius 3 is 2.35 bits per heavy atom. The van der Waals surface area contributed by atoms with Gasteiger partial charge in [0.05, 0.1) is 11.0 Å². The minimum Gasteiger partial charge on any atom is -0.299 e. The maximum atomic E-state index is 12.7. The van der Waals surface area contributed by atoms with Crippen molar-refractivity contribution in [1.29, 1.82) is 0 Å². The van der Waals surface area contributed by atoms with Crippen LogP contribution in [0.25, 0.3) is 26.8 Å². The van der Waals surface area contributed by atoms with Crippen LogP contribution in [0.5, 0.6) is 0 Å². The Morgan fingerprint density at radius 2 is 1.58 bits per heavy atom. The Hall–Kier alpha value is -3.10. The number of fused-ring (bicyclic) bond motifs is 5. The average Bonchev–Trinajstić information content (AvgIpc) is 3.34. The molecule has 2 aromatic heterocycles. The van der Waals surface area contributed by atoms with Gasteiger partial charge in [-0.2, -0.15) is 0 Å². The molecule has 2 aliphatic heterocycles. The van der Waals surface area contributed by atoms with Crippen molar-refractivity contribution in [3.8, 4) is 5.00 Å². The van der Waals surface area contributed by atoms with Gasteiger partial charge in [-0.25, -0.2) is 4.79 Å². The molecule has 0 radical (unpaired) electrons. The predicted octanol–water partition coefficient (Wildman–Crippen LogP) is 4.52. The molecule has 1 saturated heterocycles. The number of amides is 4. The van der Waals surface area contributed by atoms with E-state index >= 15 is 0 Å². The largest absolute Gasteiger partial charge is 0.332 e. The highest BCUT2D eigenvalue weighted by Crippen LogP contribution is 2.49. The first-order valence-corrected chi connectivity index (χ1v) is 11.5. The molecular formula is C23H17N3O3S2. The molecule has 2 aliphatic rings. The minimum atomic E-state index is -0.874. The van der Waals surface area contributed by atoms with Crippen molar-refractivity contribution < 1.29 is 14.4 Å². The Balaban J connectivity index is 1.47. The van der Waals surface area contributed by atoms with Gasteiger partial charge >= 0.3 is 6.03 Å². The molecule has 0 spiro atoms. The van der Waals surface area contributed by atoms with Gasteiger partial charge in [0.1, 0.15) is 10.9 Å². The third-order valence-corrected chi connectivity index (χ3v) is 8.40. The standard InChI is InChI=1S/C23H17N3O3S2/c1-24-20(27)15(21(28)25(2)23(24)29)10-12-11-18-22(30-12)26-16-8-4-3-6-13(16)14-7-5-9-17(31-18)19(14)26/h3-9,11,15H,10H2,1-2H3.